The van der Waals surface area contributed by atoms with Gasteiger partial charge in [-0.3, -0.25) is 4.79 Å². The Morgan fingerprint density at radius 3 is 2.87 bits per heavy atom. The van der Waals surface area contributed by atoms with E-state index in [1.807, 2.05) is 35.2 Å². The molecule has 23 heavy (non-hydrogen) atoms. The van der Waals surface area contributed by atoms with Crippen molar-refractivity contribution in [3.05, 3.63) is 42.2 Å². The minimum Gasteiger partial charge on any atom is -0.393 e. The highest BCUT2D eigenvalue weighted by Crippen LogP contribution is 2.22. The van der Waals surface area contributed by atoms with E-state index in [9.17, 15) is 9.90 Å². The Hall–Kier alpha value is -2.21. The molecule has 0 spiro atoms. The number of para-hydroxylation sites is 1. The Morgan fingerprint density at radius 2 is 2.13 bits per heavy atom. The van der Waals surface area contributed by atoms with Gasteiger partial charge in [0.25, 0.3) is 5.91 Å². The molecule has 1 N–H and O–H groups in total. The summed E-state index contributed by atoms with van der Waals surface area (Å²) in [5.74, 6) is -0.0995. The molecule has 122 valence electrons. The number of carbonyl (C=O) groups excluding carboxylic acids is 1. The van der Waals surface area contributed by atoms with Crippen molar-refractivity contribution in [3.8, 4) is 5.69 Å². The Morgan fingerprint density at radius 1 is 1.35 bits per heavy atom. The number of hydrogen-bond donors (Lipinski definition) is 1. The summed E-state index contributed by atoms with van der Waals surface area (Å²) < 4.78 is 0. The van der Waals surface area contributed by atoms with Gasteiger partial charge in [0, 0.05) is 12.6 Å². The molecule has 0 saturated carbocycles. The number of amides is 1. The van der Waals surface area contributed by atoms with E-state index < -0.39 is 6.10 Å². The number of benzene rings is 1. The molecule has 1 aromatic carbocycles. The second-order valence-electron chi connectivity index (χ2n) is 6.09. The first-order chi connectivity index (χ1) is 11.1. The van der Waals surface area contributed by atoms with E-state index in [-0.39, 0.29) is 11.9 Å². The first-order valence-corrected chi connectivity index (χ1v) is 8.12. The number of hydrogen-bond acceptors (Lipinski definition) is 4. The average Bonchev–Trinajstić information content (AvgIpc) is 3.05. The number of nitrogens with zero attached hydrogens (tertiary/aromatic N) is 4. The van der Waals surface area contributed by atoms with E-state index in [4.69, 9.17) is 0 Å². The fraction of sp³-hybridized carbons (Fsp3) is 0.471. The van der Waals surface area contributed by atoms with Crippen LogP contribution in [0.1, 0.15) is 43.1 Å². The van der Waals surface area contributed by atoms with Gasteiger partial charge in [-0.1, -0.05) is 18.2 Å². The molecular formula is C17H22N4O2. The number of piperidine rings is 1. The Labute approximate surface area is 135 Å². The Balaban J connectivity index is 1.78. The monoisotopic (exact) mass is 314 g/mol. The van der Waals surface area contributed by atoms with E-state index in [2.05, 4.69) is 10.2 Å². The molecule has 1 fully saturated rings. The van der Waals surface area contributed by atoms with Crippen LogP contribution in [0.2, 0.25) is 0 Å². The van der Waals surface area contributed by atoms with E-state index in [0.717, 1.165) is 24.9 Å². The van der Waals surface area contributed by atoms with Crippen molar-refractivity contribution < 1.29 is 9.90 Å². The maximum absolute atomic E-state index is 12.8. The number of aliphatic hydroxyl groups excluding tert-OH is 1. The standard InChI is InChI=1S/C17H22N4O2/c1-13(22)11-15-9-5-6-10-20(15)17(23)16-12-18-21(19-16)14-7-3-2-4-8-14/h2-4,7-8,12-13,15,22H,5-6,9-11H2,1H3/t13-,15+/m1/s1. The van der Waals surface area contributed by atoms with Gasteiger partial charge in [-0.2, -0.15) is 9.90 Å². The molecule has 1 aliphatic rings. The Bertz CT molecular complexity index is 654. The predicted octanol–water partition coefficient (Wildman–Crippen LogP) is 2.03. The van der Waals surface area contributed by atoms with Crippen LogP contribution in [0.3, 0.4) is 0 Å². The first-order valence-electron chi connectivity index (χ1n) is 8.12. The lowest BCUT2D eigenvalue weighted by atomic mass is 9.97. The molecule has 2 heterocycles. The summed E-state index contributed by atoms with van der Waals surface area (Å²) in [6.45, 7) is 2.48. The average molecular weight is 314 g/mol. The van der Waals surface area contributed by atoms with E-state index in [0.29, 0.717) is 18.7 Å². The lowest BCUT2D eigenvalue weighted by molar-refractivity contribution is 0.0509. The first kappa shape index (κ1) is 15.7. The molecule has 2 atom stereocenters. The molecular weight excluding hydrogens is 292 g/mol. The van der Waals surface area contributed by atoms with Gasteiger partial charge in [-0.05, 0) is 44.7 Å². The molecule has 0 aliphatic carbocycles. The zero-order chi connectivity index (χ0) is 16.2. The summed E-state index contributed by atoms with van der Waals surface area (Å²) >= 11 is 0. The fourth-order valence-electron chi connectivity index (χ4n) is 3.10. The van der Waals surface area contributed by atoms with Gasteiger partial charge in [0.15, 0.2) is 5.69 Å². The maximum Gasteiger partial charge on any atom is 0.276 e. The summed E-state index contributed by atoms with van der Waals surface area (Å²) in [6, 6.07) is 9.61. The molecule has 2 aromatic rings. The van der Waals surface area contributed by atoms with Crippen molar-refractivity contribution in [1.82, 2.24) is 19.9 Å². The summed E-state index contributed by atoms with van der Waals surface area (Å²) in [4.78, 5) is 16.1. The van der Waals surface area contributed by atoms with Gasteiger partial charge in [0.1, 0.15) is 0 Å². The number of aliphatic hydroxyl groups is 1. The third kappa shape index (κ3) is 3.59. The molecule has 0 bridgehead atoms. The normalized spacial score (nSPS) is 19.6. The van der Waals surface area contributed by atoms with Crippen LogP contribution in [-0.4, -0.2) is 49.6 Å². The lowest BCUT2D eigenvalue weighted by Gasteiger charge is -2.36. The zero-order valence-electron chi connectivity index (χ0n) is 13.3. The fourth-order valence-corrected chi connectivity index (χ4v) is 3.10. The molecule has 0 radical (unpaired) electrons. The van der Waals surface area contributed by atoms with Gasteiger partial charge in [-0.25, -0.2) is 0 Å². The lowest BCUT2D eigenvalue weighted by Crippen LogP contribution is -2.45. The second kappa shape index (κ2) is 6.91. The van der Waals surface area contributed by atoms with Crippen molar-refractivity contribution in [1.29, 1.82) is 0 Å². The largest absolute Gasteiger partial charge is 0.393 e. The second-order valence-corrected chi connectivity index (χ2v) is 6.09. The number of rotatable bonds is 4. The van der Waals surface area contributed by atoms with Crippen LogP contribution in [0.4, 0.5) is 0 Å². The number of aromatic nitrogens is 3. The highest BCUT2D eigenvalue weighted by atomic mass is 16.3. The van der Waals surface area contributed by atoms with Crippen LogP contribution in [0.15, 0.2) is 36.5 Å². The maximum atomic E-state index is 12.8. The van der Waals surface area contributed by atoms with Gasteiger partial charge in [-0.15, -0.1) is 5.10 Å². The SMILES string of the molecule is C[C@@H](O)C[C@@H]1CCCCN1C(=O)c1cnn(-c2ccccc2)n1. The van der Waals surface area contributed by atoms with Crippen molar-refractivity contribution in [3.63, 3.8) is 0 Å². The van der Waals surface area contributed by atoms with Crippen LogP contribution >= 0.6 is 0 Å². The van der Waals surface area contributed by atoms with Gasteiger partial charge < -0.3 is 10.0 Å². The van der Waals surface area contributed by atoms with Crippen LogP contribution in [-0.2, 0) is 0 Å². The molecule has 6 nitrogen and oxygen atoms in total. The van der Waals surface area contributed by atoms with Gasteiger partial charge in [0.05, 0.1) is 18.0 Å². The number of carbonyl (C=O) groups is 1. The molecule has 1 saturated heterocycles. The third-order valence-corrected chi connectivity index (χ3v) is 4.20. The van der Waals surface area contributed by atoms with Crippen molar-refractivity contribution in [2.24, 2.45) is 0 Å². The van der Waals surface area contributed by atoms with Crippen LogP contribution in [0.5, 0.6) is 0 Å². The summed E-state index contributed by atoms with van der Waals surface area (Å²) in [5.41, 5.74) is 1.18. The van der Waals surface area contributed by atoms with Gasteiger partial charge >= 0.3 is 0 Å². The third-order valence-electron chi connectivity index (χ3n) is 4.20. The van der Waals surface area contributed by atoms with Crippen LogP contribution in [0.25, 0.3) is 5.69 Å². The van der Waals surface area contributed by atoms with Crippen LogP contribution < -0.4 is 0 Å². The molecule has 6 heteroatoms. The highest BCUT2D eigenvalue weighted by Gasteiger charge is 2.29. The molecule has 1 aromatic heterocycles. The minimum absolute atomic E-state index is 0.0816. The van der Waals surface area contributed by atoms with Crippen molar-refractivity contribution >= 4 is 5.91 Å². The minimum atomic E-state index is -0.409. The quantitative estimate of drug-likeness (QED) is 0.937. The summed E-state index contributed by atoms with van der Waals surface area (Å²) in [7, 11) is 0. The molecule has 3 rings (SSSR count). The number of likely N-dealkylation sites (tertiary alicyclic amines) is 1. The van der Waals surface area contributed by atoms with Gasteiger partial charge in [0.2, 0.25) is 0 Å². The van der Waals surface area contributed by atoms with E-state index in [1.54, 1.807) is 6.92 Å². The topological polar surface area (TPSA) is 71.2 Å². The van der Waals surface area contributed by atoms with Crippen molar-refractivity contribution in [2.75, 3.05) is 6.54 Å². The van der Waals surface area contributed by atoms with E-state index >= 15 is 0 Å². The van der Waals surface area contributed by atoms with E-state index in [1.165, 1.54) is 11.0 Å². The summed E-state index contributed by atoms with van der Waals surface area (Å²) in [5, 5.41) is 18.2. The van der Waals surface area contributed by atoms with Crippen LogP contribution in [0, 0.1) is 0 Å². The zero-order valence-corrected chi connectivity index (χ0v) is 13.3. The predicted molar refractivity (Wildman–Crippen MR) is 86.3 cm³/mol. The molecule has 1 amide bonds. The molecule has 1 aliphatic heterocycles. The van der Waals surface area contributed by atoms with Crippen molar-refractivity contribution in [2.45, 2.75) is 44.8 Å². The highest BCUT2D eigenvalue weighted by molar-refractivity contribution is 5.92. The summed E-state index contributed by atoms with van der Waals surface area (Å²) in [6.07, 6.45) is 4.74. The smallest absolute Gasteiger partial charge is 0.276 e. The molecule has 0 unspecified atom stereocenters. The Kier molecular flexibility index (Phi) is 4.71.